The Morgan fingerprint density at radius 2 is 2.03 bits per heavy atom. The average molecular weight is 476 g/mol. The Hall–Kier alpha value is -2.87. The van der Waals surface area contributed by atoms with Gasteiger partial charge >= 0.3 is 6.75 Å². The summed E-state index contributed by atoms with van der Waals surface area (Å²) in [5.41, 5.74) is 5.16. The fourth-order valence-corrected chi connectivity index (χ4v) is 4.56. The second-order valence-electron chi connectivity index (χ2n) is 9.85. The highest BCUT2D eigenvalue weighted by atomic mass is 16.6. The zero-order valence-corrected chi connectivity index (χ0v) is 19.3. The van der Waals surface area contributed by atoms with Gasteiger partial charge in [0.2, 0.25) is 11.8 Å². The van der Waals surface area contributed by atoms with Crippen LogP contribution in [-0.4, -0.2) is 96.3 Å². The first-order chi connectivity index (χ1) is 15.8. The summed E-state index contributed by atoms with van der Waals surface area (Å²) in [4.78, 5) is 39.2. The summed E-state index contributed by atoms with van der Waals surface area (Å²) >= 11 is 0. The van der Waals surface area contributed by atoms with Crippen molar-refractivity contribution in [1.82, 2.24) is 15.1 Å². The molecule has 2 amide bonds. The van der Waals surface area contributed by atoms with E-state index < -0.39 is 30.0 Å². The number of carboxylic acid groups (broad SMARTS) is 1. The summed E-state index contributed by atoms with van der Waals surface area (Å²) in [5.74, 6) is -2.94. The molecule has 1 aromatic rings. The summed E-state index contributed by atoms with van der Waals surface area (Å²) in [6.07, 6.45) is 0.139. The number of nitrogens with zero attached hydrogens (tertiary/aromatic N) is 2. The molecule has 0 radical (unpaired) electrons. The van der Waals surface area contributed by atoms with Crippen molar-refractivity contribution in [2.75, 3.05) is 40.3 Å². The molecule has 1 saturated carbocycles. The number of ether oxygens (including phenoxy) is 1. The van der Waals surface area contributed by atoms with Gasteiger partial charge in [0.05, 0.1) is 23.8 Å². The Balaban J connectivity index is 1.36. The van der Waals surface area contributed by atoms with Crippen molar-refractivity contribution < 1.29 is 38.9 Å². The van der Waals surface area contributed by atoms with Crippen molar-refractivity contribution in [1.29, 1.82) is 0 Å². The van der Waals surface area contributed by atoms with Gasteiger partial charge in [0.1, 0.15) is 17.4 Å². The quantitative estimate of drug-likeness (QED) is 0.287. The Morgan fingerprint density at radius 1 is 1.35 bits per heavy atom. The van der Waals surface area contributed by atoms with Gasteiger partial charge in [-0.1, -0.05) is 18.3 Å². The Kier molecular flexibility index (Phi) is 6.01. The monoisotopic (exact) mass is 476 g/mol. The number of carbonyl (C=O) groups excluding carboxylic acids is 3. The van der Waals surface area contributed by atoms with Crippen LogP contribution in [-0.2, 0) is 9.59 Å². The number of nitrogens with two attached hydrogens (primary N) is 1. The summed E-state index contributed by atoms with van der Waals surface area (Å²) in [6.45, 7) is -0.743. The van der Waals surface area contributed by atoms with E-state index in [0.717, 1.165) is 0 Å². The van der Waals surface area contributed by atoms with E-state index in [1.807, 2.05) is 4.90 Å². The molecule has 0 unspecified atom stereocenters. The highest BCUT2D eigenvalue weighted by Gasteiger charge is 2.55. The van der Waals surface area contributed by atoms with E-state index >= 15 is 0 Å². The number of carbonyl (C=O) groups is 3. The summed E-state index contributed by atoms with van der Waals surface area (Å²) < 4.78 is 11.1. The molecule has 0 spiro atoms. The van der Waals surface area contributed by atoms with E-state index in [-0.39, 0.29) is 48.1 Å². The molecule has 13 heteroatoms. The van der Waals surface area contributed by atoms with Crippen LogP contribution in [0.25, 0.3) is 0 Å². The van der Waals surface area contributed by atoms with Gasteiger partial charge in [-0.15, -0.1) is 0 Å². The zero-order valence-electron chi connectivity index (χ0n) is 19.3. The molecular formula is C21H29BN4O8-2. The Labute approximate surface area is 196 Å². The van der Waals surface area contributed by atoms with E-state index in [1.54, 1.807) is 27.1 Å². The van der Waals surface area contributed by atoms with Gasteiger partial charge in [-0.05, 0) is 24.5 Å². The van der Waals surface area contributed by atoms with E-state index in [1.165, 1.54) is 11.0 Å². The van der Waals surface area contributed by atoms with Crippen molar-refractivity contribution in [3.8, 4) is 11.5 Å². The Morgan fingerprint density at radius 3 is 2.65 bits per heavy atom. The highest BCUT2D eigenvalue weighted by Crippen LogP contribution is 2.63. The number of nitrogens with one attached hydrogen (secondary N) is 1. The largest absolute Gasteiger partial charge is 0.669 e. The lowest BCUT2D eigenvalue weighted by Gasteiger charge is -2.43. The molecule has 12 nitrogen and oxygen atoms in total. The first-order valence-corrected chi connectivity index (χ1v) is 11.1. The fourth-order valence-electron chi connectivity index (χ4n) is 4.56. The zero-order chi connectivity index (χ0) is 25.0. The number of hydrogen-bond acceptors (Lipinski definition) is 10. The second-order valence-corrected chi connectivity index (χ2v) is 9.85. The lowest BCUT2D eigenvalue weighted by atomic mass is 9.68. The molecule has 34 heavy (non-hydrogen) atoms. The van der Waals surface area contributed by atoms with Gasteiger partial charge in [0, 0.05) is 33.7 Å². The molecule has 0 aromatic heterocycles. The molecule has 186 valence electrons. The summed E-state index contributed by atoms with van der Waals surface area (Å²) in [5, 5.41) is 34.6. The topological polar surface area (TPSA) is 178 Å². The van der Waals surface area contributed by atoms with Gasteiger partial charge in [0.15, 0.2) is 0 Å². The number of likely N-dealkylation sites (N-methyl/N-ethyl adjacent to an activating group) is 1. The number of amides is 2. The molecule has 0 bridgehead atoms. The standard InChI is InChI=1S/C21H30BN4O8/c1-21(23,20(30)24-7-16(27)25(2)3)10-26-8-11(9-26)33-15-5-4-12-13-6-14(13)22(31,32)34-18(12)17(15)19(28)29/h4-5,11,13-14,31-32H,6-10,23H2,1-3H3,(H,24,30)(H,28,29)/q-1/p-1/t13-,14-,21-/m1/s1. The predicted octanol–water partition coefficient (Wildman–Crippen LogP) is -2.79. The maximum atomic E-state index is 12.4. The van der Waals surface area contributed by atoms with Crippen molar-refractivity contribution >= 4 is 24.5 Å². The Bertz CT molecular complexity index is 1020. The van der Waals surface area contributed by atoms with Crippen LogP contribution in [0.1, 0.15) is 35.2 Å². The van der Waals surface area contributed by atoms with E-state index in [2.05, 4.69) is 5.32 Å². The van der Waals surface area contributed by atoms with Crippen LogP contribution in [0.5, 0.6) is 11.5 Å². The van der Waals surface area contributed by atoms with E-state index in [9.17, 15) is 29.5 Å². The van der Waals surface area contributed by atoms with Gasteiger partial charge < -0.3 is 45.3 Å². The van der Waals surface area contributed by atoms with Crippen LogP contribution < -0.4 is 25.5 Å². The number of benzene rings is 1. The molecule has 3 aliphatic rings. The number of carboxylic acids is 1. The molecule has 2 aliphatic heterocycles. The normalized spacial score (nSPS) is 24.4. The number of aromatic carboxylic acids is 1. The van der Waals surface area contributed by atoms with E-state index in [0.29, 0.717) is 25.1 Å². The van der Waals surface area contributed by atoms with Crippen LogP contribution in [0.15, 0.2) is 12.1 Å². The molecule has 2 fully saturated rings. The van der Waals surface area contributed by atoms with Crippen LogP contribution in [0.4, 0.5) is 0 Å². The molecular weight excluding hydrogens is 447 g/mol. The summed E-state index contributed by atoms with van der Waals surface area (Å²) in [6, 6.07) is 3.21. The first kappa shape index (κ1) is 24.3. The maximum Gasteiger partial charge on any atom is 0.434 e. The number of rotatable bonds is 8. The third-order valence-corrected chi connectivity index (χ3v) is 6.63. The predicted molar refractivity (Wildman–Crippen MR) is 118 cm³/mol. The molecule has 1 saturated heterocycles. The van der Waals surface area contributed by atoms with Gasteiger partial charge in [-0.3, -0.25) is 14.5 Å². The van der Waals surface area contributed by atoms with Crippen LogP contribution in [0, 0.1) is 0 Å². The molecule has 5 N–H and O–H groups in total. The maximum absolute atomic E-state index is 12.4. The molecule has 3 atom stereocenters. The van der Waals surface area contributed by atoms with Crippen LogP contribution in [0.3, 0.4) is 0 Å². The molecule has 1 aliphatic carbocycles. The molecule has 2 heterocycles. The van der Waals surface area contributed by atoms with Crippen molar-refractivity contribution in [2.45, 2.75) is 36.7 Å². The minimum Gasteiger partial charge on any atom is -0.669 e. The average Bonchev–Trinajstić information content (AvgIpc) is 3.51. The highest BCUT2D eigenvalue weighted by molar-refractivity contribution is 6.62. The lowest BCUT2D eigenvalue weighted by molar-refractivity contribution is -0.255. The lowest BCUT2D eigenvalue weighted by Crippen LogP contribution is -2.64. The summed E-state index contributed by atoms with van der Waals surface area (Å²) in [7, 11) is 3.18. The SMILES string of the molecule is CN(C)C(=O)CNC(=O)[C@](C)(N)CN1CC(Oc2ccc3c(c2C(=O)[O-])O[B-](O)(O)[C@@H]2C[C@H]32)C1. The van der Waals surface area contributed by atoms with E-state index in [4.69, 9.17) is 15.1 Å². The number of fused-ring (bicyclic) bond motifs is 3. The van der Waals surface area contributed by atoms with Gasteiger partial charge in [-0.2, -0.15) is 0 Å². The van der Waals surface area contributed by atoms with Crippen LogP contribution in [0.2, 0.25) is 5.82 Å². The third-order valence-electron chi connectivity index (χ3n) is 6.63. The smallest absolute Gasteiger partial charge is 0.434 e. The third kappa shape index (κ3) is 4.56. The van der Waals surface area contributed by atoms with Gasteiger partial charge in [0.25, 0.3) is 0 Å². The van der Waals surface area contributed by atoms with Gasteiger partial charge in [-0.25, -0.2) is 0 Å². The second kappa shape index (κ2) is 8.41. The number of hydrogen-bond donors (Lipinski definition) is 4. The molecule has 1 aromatic carbocycles. The number of likely N-dealkylation sites (tertiary alicyclic amines) is 1. The first-order valence-electron chi connectivity index (χ1n) is 11.1. The van der Waals surface area contributed by atoms with Crippen LogP contribution >= 0.6 is 0 Å². The van der Waals surface area contributed by atoms with Crippen molar-refractivity contribution in [3.05, 3.63) is 23.3 Å². The minimum absolute atomic E-state index is 0.0181. The minimum atomic E-state index is -3.14. The molecule has 4 rings (SSSR count). The fraction of sp³-hybridized carbons (Fsp3) is 0.571. The van der Waals surface area contributed by atoms with Crippen molar-refractivity contribution in [2.24, 2.45) is 5.73 Å². The van der Waals surface area contributed by atoms with Crippen molar-refractivity contribution in [3.63, 3.8) is 0 Å².